The minimum atomic E-state index is -0.216. The molecule has 3 amide bonds. The Morgan fingerprint density at radius 3 is 2.35 bits per heavy atom. The van der Waals surface area contributed by atoms with Gasteiger partial charge in [0.15, 0.2) is 0 Å². The zero-order valence-corrected chi connectivity index (χ0v) is 18.3. The van der Waals surface area contributed by atoms with E-state index in [2.05, 4.69) is 41.8 Å². The fourth-order valence-corrected chi connectivity index (χ4v) is 4.96. The van der Waals surface area contributed by atoms with Crippen molar-refractivity contribution >= 4 is 17.6 Å². The fourth-order valence-electron chi connectivity index (χ4n) is 4.96. The molecule has 0 radical (unpaired) electrons. The number of amides is 3. The molecule has 0 spiro atoms. The van der Waals surface area contributed by atoms with Gasteiger partial charge in [0, 0.05) is 36.7 Å². The molecule has 2 unspecified atom stereocenters. The number of rotatable bonds is 5. The molecule has 31 heavy (non-hydrogen) atoms. The van der Waals surface area contributed by atoms with Gasteiger partial charge >= 0.3 is 6.03 Å². The van der Waals surface area contributed by atoms with Gasteiger partial charge in [0.2, 0.25) is 5.91 Å². The third-order valence-electron chi connectivity index (χ3n) is 6.69. The smallest absolute Gasteiger partial charge is 0.319 e. The molecule has 1 heterocycles. The number of aryl methyl sites for hydroxylation is 1. The van der Waals surface area contributed by atoms with Crippen molar-refractivity contribution in [3.63, 3.8) is 0 Å². The first-order valence-electron chi connectivity index (χ1n) is 11.6. The van der Waals surface area contributed by atoms with Crippen LogP contribution in [0.15, 0.2) is 54.6 Å². The van der Waals surface area contributed by atoms with Crippen LogP contribution in [0.4, 0.5) is 10.5 Å². The molecule has 2 aromatic rings. The molecule has 1 saturated carbocycles. The van der Waals surface area contributed by atoms with Crippen LogP contribution >= 0.6 is 0 Å². The van der Waals surface area contributed by atoms with E-state index in [-0.39, 0.29) is 29.8 Å². The summed E-state index contributed by atoms with van der Waals surface area (Å²) in [7, 11) is 0. The second-order valence-corrected chi connectivity index (χ2v) is 8.91. The van der Waals surface area contributed by atoms with Crippen LogP contribution in [0, 0.1) is 5.92 Å². The van der Waals surface area contributed by atoms with E-state index in [4.69, 9.17) is 0 Å². The normalized spacial score (nSPS) is 21.6. The monoisotopic (exact) mass is 419 g/mol. The van der Waals surface area contributed by atoms with Crippen molar-refractivity contribution < 1.29 is 9.59 Å². The van der Waals surface area contributed by atoms with Crippen molar-refractivity contribution in [2.24, 2.45) is 5.92 Å². The Bertz CT molecular complexity index is 875. The van der Waals surface area contributed by atoms with Crippen LogP contribution in [-0.2, 0) is 11.2 Å². The number of benzene rings is 2. The van der Waals surface area contributed by atoms with E-state index in [0.29, 0.717) is 6.54 Å². The third kappa shape index (κ3) is 5.46. The maximum absolute atomic E-state index is 13.2. The minimum Gasteiger partial charge on any atom is -0.340 e. The molecule has 2 aromatic carbocycles. The van der Waals surface area contributed by atoms with Gasteiger partial charge in [-0.25, -0.2) is 4.79 Å². The summed E-state index contributed by atoms with van der Waals surface area (Å²) in [5, 5.41) is 6.03. The number of para-hydroxylation sites is 1. The molecule has 2 atom stereocenters. The maximum Gasteiger partial charge on any atom is 0.319 e. The van der Waals surface area contributed by atoms with Crippen LogP contribution in [0.25, 0.3) is 0 Å². The lowest BCUT2D eigenvalue weighted by Crippen LogP contribution is -2.53. The molecule has 1 aliphatic carbocycles. The van der Waals surface area contributed by atoms with Crippen LogP contribution in [0.5, 0.6) is 0 Å². The Hall–Kier alpha value is -2.82. The number of anilines is 1. The lowest BCUT2D eigenvalue weighted by Gasteiger charge is -2.39. The van der Waals surface area contributed by atoms with Gasteiger partial charge < -0.3 is 15.5 Å². The molecule has 0 bridgehead atoms. The quantitative estimate of drug-likeness (QED) is 0.721. The van der Waals surface area contributed by atoms with Crippen LogP contribution in [0.3, 0.4) is 0 Å². The van der Waals surface area contributed by atoms with E-state index >= 15 is 0 Å². The number of hydrogen-bond acceptors (Lipinski definition) is 2. The van der Waals surface area contributed by atoms with Gasteiger partial charge in [-0.2, -0.15) is 0 Å². The molecule has 164 valence electrons. The Morgan fingerprint density at radius 1 is 0.968 bits per heavy atom. The number of likely N-dealkylation sites (tertiary alicyclic amines) is 1. The van der Waals surface area contributed by atoms with E-state index in [1.165, 1.54) is 11.1 Å². The first-order valence-corrected chi connectivity index (χ1v) is 11.6. The number of nitrogens with zero attached hydrogens (tertiary/aromatic N) is 1. The summed E-state index contributed by atoms with van der Waals surface area (Å²) < 4.78 is 0. The van der Waals surface area contributed by atoms with E-state index in [0.717, 1.165) is 50.8 Å². The Labute approximate surface area is 185 Å². The van der Waals surface area contributed by atoms with Crippen LogP contribution in [0.2, 0.25) is 0 Å². The maximum atomic E-state index is 13.2. The van der Waals surface area contributed by atoms with E-state index in [1.54, 1.807) is 0 Å². The van der Waals surface area contributed by atoms with E-state index in [9.17, 15) is 9.59 Å². The summed E-state index contributed by atoms with van der Waals surface area (Å²) in [5.74, 6) is 0.648. The number of hydrogen-bond donors (Lipinski definition) is 2. The summed E-state index contributed by atoms with van der Waals surface area (Å²) in [6.45, 7) is 3.48. The largest absolute Gasteiger partial charge is 0.340 e. The number of piperidine rings is 1. The number of carbonyl (C=O) groups is 2. The van der Waals surface area contributed by atoms with Crippen molar-refractivity contribution in [3.05, 3.63) is 65.7 Å². The Kier molecular flexibility index (Phi) is 6.90. The van der Waals surface area contributed by atoms with Gasteiger partial charge in [-0.3, -0.25) is 4.79 Å². The standard InChI is InChI=1S/C26H33N3O2/c1-2-19-12-14-20(15-13-19)22-16-24(28-26(31)27-23-10-4-3-5-11-23)18-29(17-22)25(30)21-8-6-7-9-21/h3-5,10-15,21-22,24H,2,6-9,16-18H2,1H3,(H2,27,28,31). The Balaban J connectivity index is 1.47. The fraction of sp³-hybridized carbons (Fsp3) is 0.462. The zero-order valence-electron chi connectivity index (χ0n) is 18.3. The molecule has 1 aliphatic heterocycles. The molecule has 2 N–H and O–H groups in total. The first kappa shape index (κ1) is 21.4. The molecular formula is C26H33N3O2. The molecule has 4 rings (SSSR count). The highest BCUT2D eigenvalue weighted by Gasteiger charge is 2.35. The van der Waals surface area contributed by atoms with Gasteiger partial charge in [0.25, 0.3) is 0 Å². The molecular weight excluding hydrogens is 386 g/mol. The van der Waals surface area contributed by atoms with Crippen molar-refractivity contribution in [3.8, 4) is 0 Å². The van der Waals surface area contributed by atoms with E-state index in [1.807, 2.05) is 35.2 Å². The predicted molar refractivity (Wildman–Crippen MR) is 124 cm³/mol. The topological polar surface area (TPSA) is 61.4 Å². The lowest BCUT2D eigenvalue weighted by molar-refractivity contribution is -0.137. The second kappa shape index (κ2) is 9.99. The lowest BCUT2D eigenvalue weighted by atomic mass is 9.86. The van der Waals surface area contributed by atoms with Gasteiger partial charge in [-0.15, -0.1) is 0 Å². The number of urea groups is 1. The number of carbonyl (C=O) groups excluding carboxylic acids is 2. The SMILES string of the molecule is CCc1ccc(C2CC(NC(=O)Nc3ccccc3)CN(C(=O)C3CCCC3)C2)cc1. The van der Waals surface area contributed by atoms with Gasteiger partial charge in [0.1, 0.15) is 0 Å². The number of nitrogens with one attached hydrogen (secondary N) is 2. The predicted octanol–water partition coefficient (Wildman–Crippen LogP) is 4.95. The molecule has 5 heteroatoms. The highest BCUT2D eigenvalue weighted by molar-refractivity contribution is 5.89. The second-order valence-electron chi connectivity index (χ2n) is 8.91. The van der Waals surface area contributed by atoms with Crippen LogP contribution in [-0.4, -0.2) is 36.0 Å². The van der Waals surface area contributed by atoms with Gasteiger partial charge in [-0.05, 0) is 48.9 Å². The average molecular weight is 420 g/mol. The summed E-state index contributed by atoms with van der Waals surface area (Å²) in [5.41, 5.74) is 3.33. The highest BCUT2D eigenvalue weighted by atomic mass is 16.2. The zero-order chi connectivity index (χ0) is 21.6. The van der Waals surface area contributed by atoms with Crippen molar-refractivity contribution in [1.29, 1.82) is 0 Å². The molecule has 0 aromatic heterocycles. The van der Waals surface area contributed by atoms with Gasteiger partial charge in [0.05, 0.1) is 0 Å². The molecule has 2 fully saturated rings. The average Bonchev–Trinajstić information content (AvgIpc) is 3.34. The van der Waals surface area contributed by atoms with Crippen molar-refractivity contribution in [2.75, 3.05) is 18.4 Å². The first-order chi connectivity index (χ1) is 15.1. The van der Waals surface area contributed by atoms with Crippen molar-refractivity contribution in [1.82, 2.24) is 10.2 Å². The summed E-state index contributed by atoms with van der Waals surface area (Å²) in [6, 6.07) is 17.9. The van der Waals surface area contributed by atoms with E-state index < -0.39 is 0 Å². The van der Waals surface area contributed by atoms with Crippen LogP contribution in [0.1, 0.15) is 56.1 Å². The van der Waals surface area contributed by atoms with Crippen LogP contribution < -0.4 is 10.6 Å². The minimum absolute atomic E-state index is 0.0707. The van der Waals surface area contributed by atoms with Gasteiger partial charge in [-0.1, -0.05) is 62.2 Å². The highest BCUT2D eigenvalue weighted by Crippen LogP contribution is 2.32. The summed E-state index contributed by atoms with van der Waals surface area (Å²) in [4.78, 5) is 27.8. The third-order valence-corrected chi connectivity index (χ3v) is 6.69. The van der Waals surface area contributed by atoms with Crippen molar-refractivity contribution in [2.45, 2.75) is 57.4 Å². The molecule has 1 saturated heterocycles. The molecule has 5 nitrogen and oxygen atoms in total. The molecule has 2 aliphatic rings. The summed E-state index contributed by atoms with van der Waals surface area (Å²) >= 11 is 0. The summed E-state index contributed by atoms with van der Waals surface area (Å²) in [6.07, 6.45) is 6.14. The Morgan fingerprint density at radius 2 is 1.68 bits per heavy atom.